The van der Waals surface area contributed by atoms with Gasteiger partial charge in [0.1, 0.15) is 12.7 Å². The number of nitrogens with one attached hydrogen (secondary N) is 1. The quantitative estimate of drug-likeness (QED) is 0.370. The highest BCUT2D eigenvalue weighted by atomic mass is 32.2. The molecule has 1 N–H and O–H groups in total. The predicted octanol–water partition coefficient (Wildman–Crippen LogP) is 4.65. The van der Waals surface area contributed by atoms with Gasteiger partial charge < -0.3 is 14.8 Å². The average Bonchev–Trinajstić information content (AvgIpc) is 2.95. The number of benzene rings is 4. The van der Waals surface area contributed by atoms with E-state index in [-0.39, 0.29) is 23.5 Å². The lowest BCUT2D eigenvalue weighted by molar-refractivity contribution is 0.0789. The van der Waals surface area contributed by atoms with Gasteiger partial charge in [0, 0.05) is 5.56 Å². The second kappa shape index (κ2) is 10.8. The Morgan fingerprint density at radius 1 is 0.811 bits per heavy atom. The summed E-state index contributed by atoms with van der Waals surface area (Å²) in [4.78, 5) is 12.9. The number of carbonyl (C=O) groups excluding carboxylic acids is 1. The zero-order valence-corrected chi connectivity index (χ0v) is 20.8. The van der Waals surface area contributed by atoms with Crippen LogP contribution in [0.2, 0.25) is 0 Å². The van der Waals surface area contributed by atoms with E-state index in [1.54, 1.807) is 78.9 Å². The molecule has 1 amide bonds. The fourth-order valence-electron chi connectivity index (χ4n) is 4.03. The summed E-state index contributed by atoms with van der Waals surface area (Å²) in [6.07, 6.45) is -0.291. The minimum atomic E-state index is -3.79. The SMILES string of the molecule is O=C(NC[C@H]1COc2ccccc2O1)c1ccc(CN(c2ccccc2)S(=O)(=O)c2ccccc2)cc1. The zero-order chi connectivity index (χ0) is 25.7. The van der Waals surface area contributed by atoms with Crippen LogP contribution in [0.4, 0.5) is 5.69 Å². The molecule has 0 spiro atoms. The van der Waals surface area contributed by atoms with Crippen LogP contribution in [0.25, 0.3) is 0 Å². The van der Waals surface area contributed by atoms with Crippen molar-refractivity contribution in [2.75, 3.05) is 17.5 Å². The molecule has 0 aliphatic carbocycles. The number of rotatable bonds is 8. The third-order valence-corrected chi connectivity index (χ3v) is 7.76. The average molecular weight is 515 g/mol. The van der Waals surface area contributed by atoms with Crippen molar-refractivity contribution >= 4 is 21.6 Å². The van der Waals surface area contributed by atoms with E-state index in [9.17, 15) is 13.2 Å². The van der Waals surface area contributed by atoms with Crippen molar-refractivity contribution in [2.24, 2.45) is 0 Å². The van der Waals surface area contributed by atoms with E-state index in [1.807, 2.05) is 30.3 Å². The lowest BCUT2D eigenvalue weighted by Gasteiger charge is -2.26. The van der Waals surface area contributed by atoms with E-state index in [2.05, 4.69) is 5.32 Å². The molecule has 8 heteroatoms. The summed E-state index contributed by atoms with van der Waals surface area (Å²) < 4.78 is 39.9. The van der Waals surface area contributed by atoms with Crippen molar-refractivity contribution in [3.63, 3.8) is 0 Å². The number of fused-ring (bicyclic) bond motifs is 1. The fourth-order valence-corrected chi connectivity index (χ4v) is 5.50. The van der Waals surface area contributed by atoms with E-state index in [4.69, 9.17) is 9.47 Å². The Bertz CT molecular complexity index is 1460. The molecule has 1 aliphatic heterocycles. The first kappa shape index (κ1) is 24.4. The van der Waals surface area contributed by atoms with Crippen molar-refractivity contribution in [3.05, 3.63) is 120 Å². The molecule has 4 aromatic carbocycles. The first-order valence-corrected chi connectivity index (χ1v) is 13.3. The number of ether oxygens (including phenoxy) is 2. The smallest absolute Gasteiger partial charge is 0.264 e. The molecule has 0 saturated carbocycles. The number of nitrogens with zero attached hydrogens (tertiary/aromatic N) is 1. The summed E-state index contributed by atoms with van der Waals surface area (Å²) in [6.45, 7) is 0.767. The molecule has 0 saturated heterocycles. The largest absolute Gasteiger partial charge is 0.486 e. The van der Waals surface area contributed by atoms with E-state index in [0.717, 1.165) is 5.56 Å². The Hall–Kier alpha value is -4.30. The summed E-state index contributed by atoms with van der Waals surface area (Å²) in [7, 11) is -3.79. The van der Waals surface area contributed by atoms with Gasteiger partial charge >= 0.3 is 0 Å². The van der Waals surface area contributed by atoms with Crippen molar-refractivity contribution in [2.45, 2.75) is 17.5 Å². The van der Waals surface area contributed by atoms with Gasteiger partial charge in [-0.25, -0.2) is 8.42 Å². The molecule has 37 heavy (non-hydrogen) atoms. The number of anilines is 1. The van der Waals surface area contributed by atoms with Gasteiger partial charge in [-0.05, 0) is 54.1 Å². The maximum atomic E-state index is 13.5. The Morgan fingerprint density at radius 3 is 2.14 bits per heavy atom. The van der Waals surface area contributed by atoms with Crippen molar-refractivity contribution in [3.8, 4) is 11.5 Å². The molecule has 0 unspecified atom stereocenters. The Kier molecular flexibility index (Phi) is 7.09. The minimum Gasteiger partial charge on any atom is -0.486 e. The molecule has 5 rings (SSSR count). The number of hydrogen-bond donors (Lipinski definition) is 1. The highest BCUT2D eigenvalue weighted by Crippen LogP contribution is 2.30. The van der Waals surface area contributed by atoms with Crippen LogP contribution in [0, 0.1) is 0 Å². The Morgan fingerprint density at radius 2 is 1.43 bits per heavy atom. The zero-order valence-electron chi connectivity index (χ0n) is 20.0. The molecular formula is C29H26N2O5S. The van der Waals surface area contributed by atoms with Crippen LogP contribution >= 0.6 is 0 Å². The molecule has 0 bridgehead atoms. The van der Waals surface area contributed by atoms with E-state index in [0.29, 0.717) is 35.9 Å². The number of para-hydroxylation sites is 3. The van der Waals surface area contributed by atoms with Crippen LogP contribution in [0.1, 0.15) is 15.9 Å². The van der Waals surface area contributed by atoms with Gasteiger partial charge in [0.2, 0.25) is 0 Å². The summed E-state index contributed by atoms with van der Waals surface area (Å²) in [6, 6.07) is 31.6. The summed E-state index contributed by atoms with van der Waals surface area (Å²) in [5, 5.41) is 2.88. The lowest BCUT2D eigenvalue weighted by atomic mass is 10.1. The molecule has 7 nitrogen and oxygen atoms in total. The lowest BCUT2D eigenvalue weighted by Crippen LogP contribution is -2.40. The highest BCUT2D eigenvalue weighted by molar-refractivity contribution is 7.92. The molecule has 4 aromatic rings. The van der Waals surface area contributed by atoms with Gasteiger partial charge in [0.25, 0.3) is 15.9 Å². The number of carbonyl (C=O) groups is 1. The van der Waals surface area contributed by atoms with Crippen LogP contribution < -0.4 is 19.1 Å². The van der Waals surface area contributed by atoms with Crippen molar-refractivity contribution < 1.29 is 22.7 Å². The van der Waals surface area contributed by atoms with E-state index in [1.165, 1.54) is 4.31 Å². The first-order valence-electron chi connectivity index (χ1n) is 11.9. The summed E-state index contributed by atoms with van der Waals surface area (Å²) in [5.41, 5.74) is 1.78. The molecular weight excluding hydrogens is 488 g/mol. The third-order valence-electron chi connectivity index (χ3n) is 5.98. The molecule has 1 aliphatic rings. The van der Waals surface area contributed by atoms with Gasteiger partial charge in [-0.1, -0.05) is 60.7 Å². The third kappa shape index (κ3) is 5.59. The molecule has 0 radical (unpaired) electrons. The molecule has 188 valence electrons. The fraction of sp³-hybridized carbons (Fsp3) is 0.138. The number of amides is 1. The second-order valence-corrected chi connectivity index (χ2v) is 10.4. The Labute approximate surface area is 216 Å². The van der Waals surface area contributed by atoms with Crippen LogP contribution in [0.3, 0.4) is 0 Å². The number of sulfonamides is 1. The standard InChI is InChI=1S/C29H26N2O5S/c32-29(30-19-25-21-35-27-13-7-8-14-28(27)36-25)23-17-15-22(16-18-23)20-31(24-9-3-1-4-10-24)37(33,34)26-11-5-2-6-12-26/h1-18,25H,19-21H2,(H,30,32)/t25-/m0/s1. The predicted molar refractivity (Wildman–Crippen MR) is 141 cm³/mol. The van der Waals surface area contributed by atoms with Crippen molar-refractivity contribution in [1.29, 1.82) is 0 Å². The maximum absolute atomic E-state index is 13.5. The number of hydrogen-bond acceptors (Lipinski definition) is 5. The summed E-state index contributed by atoms with van der Waals surface area (Å²) in [5.74, 6) is 1.11. The molecule has 1 atom stereocenters. The monoisotopic (exact) mass is 514 g/mol. The van der Waals surface area contributed by atoms with E-state index >= 15 is 0 Å². The first-order chi connectivity index (χ1) is 18.0. The normalized spacial score (nSPS) is 14.5. The van der Waals surface area contributed by atoms with Crippen LogP contribution in [-0.2, 0) is 16.6 Å². The topological polar surface area (TPSA) is 84.9 Å². The van der Waals surface area contributed by atoms with Gasteiger partial charge in [-0.2, -0.15) is 0 Å². The van der Waals surface area contributed by atoms with Gasteiger partial charge in [-0.3, -0.25) is 9.10 Å². The van der Waals surface area contributed by atoms with Gasteiger partial charge in [-0.15, -0.1) is 0 Å². The van der Waals surface area contributed by atoms with Gasteiger partial charge in [0.15, 0.2) is 11.5 Å². The Balaban J connectivity index is 1.26. The highest BCUT2D eigenvalue weighted by Gasteiger charge is 2.25. The molecule has 0 aromatic heterocycles. The maximum Gasteiger partial charge on any atom is 0.264 e. The van der Waals surface area contributed by atoms with Crippen LogP contribution in [-0.4, -0.2) is 33.6 Å². The van der Waals surface area contributed by atoms with Crippen molar-refractivity contribution in [1.82, 2.24) is 5.32 Å². The van der Waals surface area contributed by atoms with Crippen LogP contribution in [0.15, 0.2) is 114 Å². The molecule has 0 fully saturated rings. The second-order valence-electron chi connectivity index (χ2n) is 8.56. The summed E-state index contributed by atoms with van der Waals surface area (Å²) >= 11 is 0. The molecule has 1 heterocycles. The van der Waals surface area contributed by atoms with E-state index < -0.39 is 10.0 Å². The minimum absolute atomic E-state index is 0.121. The van der Waals surface area contributed by atoms with Gasteiger partial charge in [0.05, 0.1) is 23.7 Å². The van der Waals surface area contributed by atoms with Crippen LogP contribution in [0.5, 0.6) is 11.5 Å².